The van der Waals surface area contributed by atoms with E-state index in [-0.39, 0.29) is 35.8 Å². The first-order chi connectivity index (χ1) is 17.3. The number of imidazole rings is 1. The van der Waals surface area contributed by atoms with Crippen molar-refractivity contribution in [3.05, 3.63) is 77.4 Å². The number of carbonyl (C=O) groups is 1. The second-order valence-electron chi connectivity index (χ2n) is 8.68. The zero-order valence-corrected chi connectivity index (χ0v) is 21.2. The Morgan fingerprint density at radius 1 is 1.22 bits per heavy atom. The van der Waals surface area contributed by atoms with Gasteiger partial charge in [0.15, 0.2) is 0 Å². The standard InChI is InChI=1S/C26H30FN3O5S/c1-3-29(25(31)19-10-12-22(34-2)13-11-19)16-21-15-28-26(30(21)17-23-8-6-14-35-23)36(32,33)18-20-7-4-5-9-24(20)27/h4-5,7,9-13,15,23H,3,6,8,14,16-18H2,1-2H3. The Morgan fingerprint density at radius 2 is 1.97 bits per heavy atom. The molecule has 1 aliphatic rings. The maximum Gasteiger partial charge on any atom is 0.254 e. The lowest BCUT2D eigenvalue weighted by Crippen LogP contribution is -2.32. The Bertz CT molecular complexity index is 1300. The highest BCUT2D eigenvalue weighted by molar-refractivity contribution is 7.90. The number of carbonyl (C=O) groups excluding carboxylic acids is 1. The van der Waals surface area contributed by atoms with Crippen molar-refractivity contribution in [3.8, 4) is 5.75 Å². The molecule has 1 atom stereocenters. The van der Waals surface area contributed by atoms with Gasteiger partial charge in [0.2, 0.25) is 15.0 Å². The van der Waals surface area contributed by atoms with Gasteiger partial charge >= 0.3 is 0 Å². The quantitative estimate of drug-likeness (QED) is 0.408. The average Bonchev–Trinajstić information content (AvgIpc) is 3.54. The van der Waals surface area contributed by atoms with E-state index in [9.17, 15) is 17.6 Å². The molecule has 1 unspecified atom stereocenters. The van der Waals surface area contributed by atoms with Crippen molar-refractivity contribution >= 4 is 15.7 Å². The lowest BCUT2D eigenvalue weighted by atomic mass is 10.2. The van der Waals surface area contributed by atoms with Crippen LogP contribution in [0.1, 0.15) is 41.4 Å². The zero-order valence-electron chi connectivity index (χ0n) is 20.4. The third kappa shape index (κ3) is 5.76. The number of benzene rings is 2. The summed E-state index contributed by atoms with van der Waals surface area (Å²) in [5.74, 6) is -0.639. The molecule has 1 aromatic heterocycles. The minimum Gasteiger partial charge on any atom is -0.497 e. The predicted octanol–water partition coefficient (Wildman–Crippen LogP) is 3.85. The van der Waals surface area contributed by atoms with Gasteiger partial charge in [0, 0.05) is 24.3 Å². The van der Waals surface area contributed by atoms with Crippen molar-refractivity contribution in [2.75, 3.05) is 20.3 Å². The van der Waals surface area contributed by atoms with Gasteiger partial charge in [-0.25, -0.2) is 17.8 Å². The minimum atomic E-state index is -3.97. The van der Waals surface area contributed by atoms with Crippen LogP contribution in [0, 0.1) is 5.82 Å². The van der Waals surface area contributed by atoms with Crippen molar-refractivity contribution in [3.63, 3.8) is 0 Å². The van der Waals surface area contributed by atoms with Crippen molar-refractivity contribution in [2.24, 2.45) is 0 Å². The molecule has 4 rings (SSSR count). The maximum absolute atomic E-state index is 14.2. The fraction of sp³-hybridized carbons (Fsp3) is 0.385. The zero-order chi connectivity index (χ0) is 25.7. The number of hydrogen-bond donors (Lipinski definition) is 0. The summed E-state index contributed by atoms with van der Waals surface area (Å²) in [6.07, 6.45) is 3.01. The SMILES string of the molecule is CCN(Cc1cnc(S(=O)(=O)Cc2ccccc2F)n1CC1CCCO1)C(=O)c1ccc(OC)cc1. The predicted molar refractivity (Wildman–Crippen MR) is 132 cm³/mol. The lowest BCUT2D eigenvalue weighted by Gasteiger charge is -2.23. The Labute approximate surface area is 210 Å². The molecule has 0 N–H and O–H groups in total. The lowest BCUT2D eigenvalue weighted by molar-refractivity contribution is 0.0741. The van der Waals surface area contributed by atoms with Gasteiger partial charge in [0.05, 0.1) is 43.9 Å². The summed E-state index contributed by atoms with van der Waals surface area (Å²) in [4.78, 5) is 19.1. The number of nitrogens with zero attached hydrogens (tertiary/aromatic N) is 3. The summed E-state index contributed by atoms with van der Waals surface area (Å²) in [6.45, 7) is 3.33. The second-order valence-corrected chi connectivity index (χ2v) is 10.6. The Kier molecular flexibility index (Phi) is 8.05. The number of rotatable bonds is 10. The molecule has 10 heteroatoms. The van der Waals surface area contributed by atoms with E-state index in [1.807, 2.05) is 6.92 Å². The molecule has 2 aromatic carbocycles. The first-order valence-electron chi connectivity index (χ1n) is 11.9. The summed E-state index contributed by atoms with van der Waals surface area (Å²) in [7, 11) is -2.41. The molecule has 0 radical (unpaired) electrons. The molecule has 0 bridgehead atoms. The number of methoxy groups -OCH3 is 1. The first kappa shape index (κ1) is 25.8. The molecule has 3 aromatic rings. The van der Waals surface area contributed by atoms with Gasteiger partial charge in [0.25, 0.3) is 5.91 Å². The van der Waals surface area contributed by atoms with E-state index in [1.165, 1.54) is 24.4 Å². The third-order valence-corrected chi connectivity index (χ3v) is 7.83. The summed E-state index contributed by atoms with van der Waals surface area (Å²) in [5.41, 5.74) is 1.15. The monoisotopic (exact) mass is 515 g/mol. The normalized spacial score (nSPS) is 15.7. The topological polar surface area (TPSA) is 90.7 Å². The maximum atomic E-state index is 14.2. The van der Waals surface area contributed by atoms with Crippen molar-refractivity contribution < 1.29 is 27.1 Å². The summed E-state index contributed by atoms with van der Waals surface area (Å²) < 4.78 is 53.5. The molecule has 0 aliphatic carbocycles. The van der Waals surface area contributed by atoms with E-state index < -0.39 is 21.4 Å². The van der Waals surface area contributed by atoms with Gasteiger partial charge in [0.1, 0.15) is 11.6 Å². The molecule has 192 valence electrons. The van der Waals surface area contributed by atoms with Gasteiger partial charge < -0.3 is 18.9 Å². The molecule has 2 heterocycles. The van der Waals surface area contributed by atoms with Gasteiger partial charge in [-0.15, -0.1) is 0 Å². The second kappa shape index (κ2) is 11.2. The Morgan fingerprint density at radius 3 is 2.61 bits per heavy atom. The molecule has 1 aliphatic heterocycles. The van der Waals surface area contributed by atoms with Gasteiger partial charge in [-0.2, -0.15) is 0 Å². The molecule has 0 spiro atoms. The number of halogens is 1. The molecule has 0 saturated carbocycles. The Balaban J connectivity index is 1.64. The van der Waals surface area contributed by atoms with E-state index in [0.29, 0.717) is 30.2 Å². The molecule has 8 nitrogen and oxygen atoms in total. The highest BCUT2D eigenvalue weighted by atomic mass is 32.2. The molecule has 1 fully saturated rings. The van der Waals surface area contributed by atoms with Crippen LogP contribution >= 0.6 is 0 Å². The number of ether oxygens (including phenoxy) is 2. The number of hydrogen-bond acceptors (Lipinski definition) is 6. The van der Waals surface area contributed by atoms with Crippen LogP contribution in [-0.4, -0.2) is 55.1 Å². The van der Waals surface area contributed by atoms with Crippen LogP contribution < -0.4 is 4.74 Å². The highest BCUT2D eigenvalue weighted by Crippen LogP contribution is 2.24. The van der Waals surface area contributed by atoms with Crippen LogP contribution in [0.15, 0.2) is 59.9 Å². The van der Waals surface area contributed by atoms with Crippen LogP contribution in [0.5, 0.6) is 5.75 Å². The van der Waals surface area contributed by atoms with Crippen LogP contribution in [0.3, 0.4) is 0 Å². The van der Waals surface area contributed by atoms with Crippen LogP contribution in [0.2, 0.25) is 0 Å². The van der Waals surface area contributed by atoms with E-state index in [0.717, 1.165) is 12.8 Å². The first-order valence-corrected chi connectivity index (χ1v) is 13.5. The van der Waals surface area contributed by atoms with Crippen molar-refractivity contribution in [1.29, 1.82) is 0 Å². The number of aromatic nitrogens is 2. The average molecular weight is 516 g/mol. The molecular weight excluding hydrogens is 485 g/mol. The third-order valence-electron chi connectivity index (χ3n) is 6.25. The van der Waals surface area contributed by atoms with E-state index in [2.05, 4.69) is 4.98 Å². The van der Waals surface area contributed by atoms with Crippen molar-refractivity contribution in [1.82, 2.24) is 14.5 Å². The van der Waals surface area contributed by atoms with Gasteiger partial charge in [-0.05, 0) is 50.1 Å². The Hall–Kier alpha value is -3.24. The van der Waals surface area contributed by atoms with Gasteiger partial charge in [-0.1, -0.05) is 18.2 Å². The van der Waals surface area contributed by atoms with Crippen LogP contribution in [0.4, 0.5) is 4.39 Å². The van der Waals surface area contributed by atoms with Crippen LogP contribution in [-0.2, 0) is 33.4 Å². The minimum absolute atomic E-state index is 0.0792. The van der Waals surface area contributed by atoms with E-state index >= 15 is 0 Å². The fourth-order valence-corrected chi connectivity index (χ4v) is 5.79. The van der Waals surface area contributed by atoms with Crippen LogP contribution in [0.25, 0.3) is 0 Å². The molecule has 1 amide bonds. The van der Waals surface area contributed by atoms with E-state index in [1.54, 1.807) is 46.9 Å². The summed E-state index contributed by atoms with van der Waals surface area (Å²) in [5, 5.41) is -0.149. The van der Waals surface area contributed by atoms with Crippen molar-refractivity contribution in [2.45, 2.75) is 49.9 Å². The van der Waals surface area contributed by atoms with E-state index in [4.69, 9.17) is 9.47 Å². The highest BCUT2D eigenvalue weighted by Gasteiger charge is 2.29. The fourth-order valence-electron chi connectivity index (χ4n) is 4.28. The smallest absolute Gasteiger partial charge is 0.254 e. The number of amides is 1. The largest absolute Gasteiger partial charge is 0.497 e. The summed E-state index contributed by atoms with van der Waals surface area (Å²) >= 11 is 0. The molecule has 36 heavy (non-hydrogen) atoms. The molecular formula is C26H30FN3O5S. The number of sulfone groups is 1. The summed E-state index contributed by atoms with van der Waals surface area (Å²) in [6, 6.07) is 12.6. The van der Waals surface area contributed by atoms with Gasteiger partial charge in [-0.3, -0.25) is 4.79 Å². The molecule has 1 saturated heterocycles.